The van der Waals surface area contributed by atoms with Crippen molar-refractivity contribution in [1.82, 2.24) is 9.80 Å². The molecule has 1 unspecified atom stereocenters. The Balaban J connectivity index is 2.10. The number of rotatable bonds is 8. The fourth-order valence-corrected chi connectivity index (χ4v) is 4.90. The molecule has 31 heavy (non-hydrogen) atoms. The molecular weight excluding hydrogens is 412 g/mol. The number of aliphatic hydroxyl groups excluding tert-OH is 1. The minimum Gasteiger partial charge on any atom is -0.507 e. The highest BCUT2D eigenvalue weighted by molar-refractivity contribution is 7.10. The maximum atomic E-state index is 13.1. The average Bonchev–Trinajstić information content (AvgIpc) is 3.37. The second-order valence-electron chi connectivity index (χ2n) is 7.67. The standard InChI is InChI=1S/C24H30N2O4S/c1-6-25(7-2)10-11-26-21(19-9-8-12-31-19)20(23(28)24(26)29)22(27)17-13-16(4)18(30-5)14-15(17)3/h8-9,12-14,21,27H,6-7,10-11H2,1-5H3/b22-20-. The van der Waals surface area contributed by atoms with Crippen molar-refractivity contribution in [3.63, 3.8) is 0 Å². The van der Waals surface area contributed by atoms with Crippen LogP contribution < -0.4 is 4.74 Å². The van der Waals surface area contributed by atoms with Crippen molar-refractivity contribution >= 4 is 28.8 Å². The van der Waals surface area contributed by atoms with E-state index in [0.29, 0.717) is 24.4 Å². The molecule has 0 spiro atoms. The summed E-state index contributed by atoms with van der Waals surface area (Å²) >= 11 is 1.48. The van der Waals surface area contributed by atoms with Gasteiger partial charge in [0.1, 0.15) is 11.5 Å². The zero-order chi connectivity index (χ0) is 22.7. The number of carbonyl (C=O) groups is 2. The summed E-state index contributed by atoms with van der Waals surface area (Å²) in [7, 11) is 1.60. The van der Waals surface area contributed by atoms with Gasteiger partial charge < -0.3 is 19.6 Å². The van der Waals surface area contributed by atoms with Gasteiger partial charge in [-0.25, -0.2) is 0 Å². The van der Waals surface area contributed by atoms with Crippen molar-refractivity contribution in [3.05, 3.63) is 56.8 Å². The third kappa shape index (κ3) is 4.38. The van der Waals surface area contributed by atoms with Crippen LogP contribution in [-0.2, 0) is 9.59 Å². The summed E-state index contributed by atoms with van der Waals surface area (Å²) in [5, 5.41) is 13.2. The van der Waals surface area contributed by atoms with E-state index in [1.165, 1.54) is 11.3 Å². The number of aliphatic hydroxyl groups is 1. The van der Waals surface area contributed by atoms with E-state index >= 15 is 0 Å². The molecule has 1 N–H and O–H groups in total. The minimum atomic E-state index is -0.636. The third-order valence-corrected chi connectivity index (χ3v) is 6.83. The number of ether oxygens (including phenoxy) is 1. The summed E-state index contributed by atoms with van der Waals surface area (Å²) in [4.78, 5) is 30.8. The van der Waals surface area contributed by atoms with Crippen LogP contribution in [0.25, 0.3) is 5.76 Å². The Hall–Kier alpha value is -2.64. The monoisotopic (exact) mass is 442 g/mol. The predicted molar refractivity (Wildman–Crippen MR) is 124 cm³/mol. The van der Waals surface area contributed by atoms with Gasteiger partial charge >= 0.3 is 0 Å². The number of methoxy groups -OCH3 is 1. The van der Waals surface area contributed by atoms with Crippen molar-refractivity contribution in [2.24, 2.45) is 0 Å². The van der Waals surface area contributed by atoms with E-state index in [1.807, 2.05) is 37.4 Å². The molecule has 1 aliphatic heterocycles. The van der Waals surface area contributed by atoms with Crippen LogP contribution in [0.5, 0.6) is 5.75 Å². The van der Waals surface area contributed by atoms with Gasteiger partial charge in [-0.1, -0.05) is 19.9 Å². The maximum Gasteiger partial charge on any atom is 0.295 e. The first-order chi connectivity index (χ1) is 14.8. The molecule has 0 bridgehead atoms. The molecule has 1 saturated heterocycles. The quantitative estimate of drug-likeness (QED) is 0.378. The third-order valence-electron chi connectivity index (χ3n) is 5.90. The summed E-state index contributed by atoms with van der Waals surface area (Å²) < 4.78 is 5.37. The zero-order valence-corrected chi connectivity index (χ0v) is 19.6. The van der Waals surface area contributed by atoms with Gasteiger partial charge in [0.25, 0.3) is 11.7 Å². The molecule has 2 aromatic rings. The van der Waals surface area contributed by atoms with E-state index in [9.17, 15) is 14.7 Å². The van der Waals surface area contributed by atoms with E-state index in [4.69, 9.17) is 4.74 Å². The highest BCUT2D eigenvalue weighted by Gasteiger charge is 2.46. The molecule has 0 radical (unpaired) electrons. The van der Waals surface area contributed by atoms with E-state index in [-0.39, 0.29) is 11.3 Å². The lowest BCUT2D eigenvalue weighted by Crippen LogP contribution is -2.37. The number of Topliss-reactive ketones (excluding diaryl/α,β-unsaturated/α-hetero) is 1. The molecule has 166 valence electrons. The van der Waals surface area contributed by atoms with Gasteiger partial charge in [-0.3, -0.25) is 9.59 Å². The SMILES string of the molecule is CCN(CC)CCN1C(=O)C(=O)/C(=C(\O)c2cc(C)c(OC)cc2C)C1c1cccs1. The van der Waals surface area contributed by atoms with Crippen LogP contribution in [0.4, 0.5) is 0 Å². The van der Waals surface area contributed by atoms with Crippen LogP contribution in [0, 0.1) is 13.8 Å². The predicted octanol–water partition coefficient (Wildman–Crippen LogP) is 4.14. The first-order valence-corrected chi connectivity index (χ1v) is 11.4. The number of thiophene rings is 1. The summed E-state index contributed by atoms with van der Waals surface area (Å²) in [5.74, 6) is -0.618. The van der Waals surface area contributed by atoms with Crippen molar-refractivity contribution in [3.8, 4) is 5.75 Å². The Bertz CT molecular complexity index is 993. The second-order valence-corrected chi connectivity index (χ2v) is 8.65. The molecule has 6 nitrogen and oxygen atoms in total. The number of ketones is 1. The van der Waals surface area contributed by atoms with E-state index < -0.39 is 17.7 Å². The molecule has 0 saturated carbocycles. The first-order valence-electron chi connectivity index (χ1n) is 10.5. The Morgan fingerprint density at radius 2 is 1.90 bits per heavy atom. The van der Waals surface area contributed by atoms with E-state index in [0.717, 1.165) is 29.1 Å². The van der Waals surface area contributed by atoms with Crippen molar-refractivity contribution in [2.45, 2.75) is 33.7 Å². The number of hydrogen-bond donors (Lipinski definition) is 1. The molecule has 1 aromatic carbocycles. The lowest BCUT2D eigenvalue weighted by Gasteiger charge is -2.27. The molecule has 1 aromatic heterocycles. The molecule has 2 heterocycles. The van der Waals surface area contributed by atoms with Gasteiger partial charge in [0.05, 0.1) is 18.7 Å². The Labute approximate surface area is 187 Å². The lowest BCUT2D eigenvalue weighted by molar-refractivity contribution is -0.140. The molecule has 1 aliphatic rings. The molecule has 7 heteroatoms. The first kappa shape index (κ1) is 23.0. The van der Waals surface area contributed by atoms with Crippen LogP contribution in [-0.4, -0.2) is 59.9 Å². The number of hydrogen-bond acceptors (Lipinski definition) is 6. The van der Waals surface area contributed by atoms with Gasteiger partial charge in [0, 0.05) is 23.5 Å². The van der Waals surface area contributed by atoms with Gasteiger partial charge in [0.2, 0.25) is 0 Å². The maximum absolute atomic E-state index is 13.1. The Kier molecular flexibility index (Phi) is 7.18. The number of nitrogens with zero attached hydrogens (tertiary/aromatic N) is 2. The van der Waals surface area contributed by atoms with Crippen LogP contribution in [0.1, 0.15) is 41.5 Å². The molecule has 0 aliphatic carbocycles. The highest BCUT2D eigenvalue weighted by atomic mass is 32.1. The minimum absolute atomic E-state index is 0.134. The summed E-state index contributed by atoms with van der Waals surface area (Å²) in [6.45, 7) is 10.7. The average molecular weight is 443 g/mol. The summed E-state index contributed by atoms with van der Waals surface area (Å²) in [6.07, 6.45) is 0. The van der Waals surface area contributed by atoms with Gasteiger partial charge in [-0.15, -0.1) is 11.3 Å². The zero-order valence-electron chi connectivity index (χ0n) is 18.8. The second kappa shape index (κ2) is 9.66. The molecule has 1 amide bonds. The Morgan fingerprint density at radius 1 is 1.19 bits per heavy atom. The van der Waals surface area contributed by atoms with Crippen LogP contribution in [0.2, 0.25) is 0 Å². The van der Waals surface area contributed by atoms with Gasteiger partial charge in [-0.2, -0.15) is 0 Å². The molecule has 3 rings (SSSR count). The van der Waals surface area contributed by atoms with Gasteiger partial charge in [-0.05, 0) is 61.6 Å². The lowest BCUT2D eigenvalue weighted by atomic mass is 9.96. The van der Waals surface area contributed by atoms with E-state index in [1.54, 1.807) is 18.1 Å². The topological polar surface area (TPSA) is 70.1 Å². The van der Waals surface area contributed by atoms with Crippen molar-refractivity contribution < 1.29 is 19.4 Å². The van der Waals surface area contributed by atoms with E-state index in [2.05, 4.69) is 18.7 Å². The molecule has 1 fully saturated rings. The number of carbonyl (C=O) groups excluding carboxylic acids is 2. The number of likely N-dealkylation sites (tertiary alicyclic amines) is 1. The normalized spacial score (nSPS) is 18.3. The number of benzene rings is 1. The smallest absolute Gasteiger partial charge is 0.295 e. The molecule has 1 atom stereocenters. The van der Waals surface area contributed by atoms with Crippen molar-refractivity contribution in [1.29, 1.82) is 0 Å². The largest absolute Gasteiger partial charge is 0.507 e. The Morgan fingerprint density at radius 3 is 2.48 bits per heavy atom. The fraction of sp³-hybridized carbons (Fsp3) is 0.417. The summed E-state index contributed by atoms with van der Waals surface area (Å²) in [6, 6.07) is 6.86. The highest BCUT2D eigenvalue weighted by Crippen LogP contribution is 2.41. The molecular formula is C24H30N2O4S. The fourth-order valence-electron chi connectivity index (χ4n) is 4.05. The van der Waals surface area contributed by atoms with Gasteiger partial charge in [0.15, 0.2) is 0 Å². The van der Waals surface area contributed by atoms with Crippen LogP contribution in [0.3, 0.4) is 0 Å². The number of likely N-dealkylation sites (N-methyl/N-ethyl adjacent to an activating group) is 1. The van der Waals surface area contributed by atoms with Crippen LogP contribution >= 0.6 is 11.3 Å². The summed E-state index contributed by atoms with van der Waals surface area (Å²) in [5.41, 5.74) is 2.32. The number of amides is 1. The number of aryl methyl sites for hydroxylation is 2. The van der Waals surface area contributed by atoms with Crippen LogP contribution in [0.15, 0.2) is 35.2 Å². The van der Waals surface area contributed by atoms with Crippen molar-refractivity contribution in [2.75, 3.05) is 33.3 Å².